The van der Waals surface area contributed by atoms with Crippen LogP contribution in [0, 0.1) is 0 Å². The highest BCUT2D eigenvalue weighted by atomic mass is 16.2. The third-order valence-corrected chi connectivity index (χ3v) is 3.25. The Morgan fingerprint density at radius 2 is 1.93 bits per heavy atom. The first-order valence-electron chi connectivity index (χ1n) is 5.71. The van der Waals surface area contributed by atoms with Gasteiger partial charge < -0.3 is 10.2 Å². The van der Waals surface area contributed by atoms with E-state index in [1.54, 1.807) is 4.90 Å². The summed E-state index contributed by atoms with van der Waals surface area (Å²) in [5.74, 6) is 0.215. The summed E-state index contributed by atoms with van der Waals surface area (Å²) in [5.41, 5.74) is -0.368. The third kappa shape index (κ3) is 2.69. The van der Waals surface area contributed by atoms with Gasteiger partial charge in [-0.2, -0.15) is 0 Å². The van der Waals surface area contributed by atoms with Gasteiger partial charge in [-0.25, -0.2) is 0 Å². The Morgan fingerprint density at radius 3 is 2.40 bits per heavy atom. The molecule has 1 heterocycles. The summed E-state index contributed by atoms with van der Waals surface area (Å²) in [5, 5.41) is 3.30. The zero-order valence-corrected chi connectivity index (χ0v) is 10.3. The summed E-state index contributed by atoms with van der Waals surface area (Å²) < 4.78 is 0. The lowest BCUT2D eigenvalue weighted by Crippen LogP contribution is -2.60. The SMILES string of the molecule is CCN(C)C(=O)C(C)(C)N1CCNCC1. The fourth-order valence-corrected chi connectivity index (χ4v) is 1.97. The highest BCUT2D eigenvalue weighted by Crippen LogP contribution is 2.17. The number of piperazine rings is 1. The largest absolute Gasteiger partial charge is 0.344 e. The maximum absolute atomic E-state index is 12.2. The van der Waals surface area contributed by atoms with Crippen LogP contribution in [-0.2, 0) is 4.79 Å². The van der Waals surface area contributed by atoms with E-state index in [1.165, 1.54) is 0 Å². The molecule has 0 spiro atoms. The molecule has 0 bridgehead atoms. The van der Waals surface area contributed by atoms with Gasteiger partial charge in [-0.3, -0.25) is 9.69 Å². The molecule has 1 fully saturated rings. The van der Waals surface area contributed by atoms with Crippen molar-refractivity contribution in [1.82, 2.24) is 15.1 Å². The van der Waals surface area contributed by atoms with Crippen LogP contribution in [0.4, 0.5) is 0 Å². The van der Waals surface area contributed by atoms with Crippen molar-refractivity contribution in [3.63, 3.8) is 0 Å². The average Bonchev–Trinajstić information content (AvgIpc) is 2.28. The molecule has 0 atom stereocenters. The Hall–Kier alpha value is -0.610. The number of rotatable bonds is 3. The normalized spacial score (nSPS) is 18.9. The maximum atomic E-state index is 12.2. The van der Waals surface area contributed by atoms with Crippen molar-refractivity contribution in [3.05, 3.63) is 0 Å². The summed E-state index contributed by atoms with van der Waals surface area (Å²) in [4.78, 5) is 16.2. The predicted molar refractivity (Wildman–Crippen MR) is 61.8 cm³/mol. The number of hydrogen-bond acceptors (Lipinski definition) is 3. The molecule has 0 aliphatic carbocycles. The highest BCUT2D eigenvalue weighted by Gasteiger charge is 2.36. The minimum absolute atomic E-state index is 0.215. The molecule has 4 nitrogen and oxygen atoms in total. The van der Waals surface area contributed by atoms with E-state index in [-0.39, 0.29) is 11.4 Å². The highest BCUT2D eigenvalue weighted by molar-refractivity contribution is 5.85. The summed E-state index contributed by atoms with van der Waals surface area (Å²) in [6.07, 6.45) is 0. The molecule has 1 N–H and O–H groups in total. The molecule has 4 heteroatoms. The predicted octanol–water partition coefficient (Wildman–Crippen LogP) is 0.149. The van der Waals surface area contributed by atoms with Crippen LogP contribution in [0.3, 0.4) is 0 Å². The van der Waals surface area contributed by atoms with Gasteiger partial charge in [0.1, 0.15) is 0 Å². The van der Waals surface area contributed by atoms with Crippen LogP contribution >= 0.6 is 0 Å². The van der Waals surface area contributed by atoms with Crippen molar-refractivity contribution in [2.45, 2.75) is 26.3 Å². The topological polar surface area (TPSA) is 35.6 Å². The van der Waals surface area contributed by atoms with E-state index in [0.717, 1.165) is 32.7 Å². The smallest absolute Gasteiger partial charge is 0.242 e. The lowest BCUT2D eigenvalue weighted by Gasteiger charge is -2.41. The van der Waals surface area contributed by atoms with Crippen LogP contribution in [0.15, 0.2) is 0 Å². The monoisotopic (exact) mass is 213 g/mol. The van der Waals surface area contributed by atoms with Crippen molar-refractivity contribution in [3.8, 4) is 0 Å². The van der Waals surface area contributed by atoms with E-state index in [1.807, 2.05) is 27.8 Å². The van der Waals surface area contributed by atoms with Crippen molar-refractivity contribution < 1.29 is 4.79 Å². The molecular weight excluding hydrogens is 190 g/mol. The number of amides is 1. The lowest BCUT2D eigenvalue weighted by atomic mass is 10.00. The van der Waals surface area contributed by atoms with Gasteiger partial charge in [-0.05, 0) is 20.8 Å². The summed E-state index contributed by atoms with van der Waals surface area (Å²) >= 11 is 0. The van der Waals surface area contributed by atoms with Gasteiger partial charge in [0.15, 0.2) is 0 Å². The van der Waals surface area contributed by atoms with Crippen molar-refractivity contribution >= 4 is 5.91 Å². The van der Waals surface area contributed by atoms with E-state index in [0.29, 0.717) is 0 Å². The van der Waals surface area contributed by atoms with Gasteiger partial charge in [0, 0.05) is 39.8 Å². The molecule has 0 aromatic carbocycles. The van der Waals surface area contributed by atoms with Gasteiger partial charge in [0.25, 0.3) is 0 Å². The number of hydrogen-bond donors (Lipinski definition) is 1. The van der Waals surface area contributed by atoms with Crippen molar-refractivity contribution in [2.75, 3.05) is 39.8 Å². The molecule has 15 heavy (non-hydrogen) atoms. The van der Waals surface area contributed by atoms with Crippen LogP contribution in [0.1, 0.15) is 20.8 Å². The Balaban J connectivity index is 2.66. The van der Waals surface area contributed by atoms with Crippen LogP contribution in [0.25, 0.3) is 0 Å². The average molecular weight is 213 g/mol. The minimum atomic E-state index is -0.368. The third-order valence-electron chi connectivity index (χ3n) is 3.25. The molecule has 1 saturated heterocycles. The van der Waals surface area contributed by atoms with Gasteiger partial charge in [0.05, 0.1) is 5.54 Å². The molecule has 0 unspecified atom stereocenters. The van der Waals surface area contributed by atoms with Crippen LogP contribution < -0.4 is 5.32 Å². The molecule has 0 radical (unpaired) electrons. The number of nitrogens with zero attached hydrogens (tertiary/aromatic N) is 2. The van der Waals surface area contributed by atoms with Crippen LogP contribution in [0.2, 0.25) is 0 Å². The second-order valence-electron chi connectivity index (χ2n) is 4.62. The van der Waals surface area contributed by atoms with Crippen LogP contribution in [0.5, 0.6) is 0 Å². The van der Waals surface area contributed by atoms with Crippen molar-refractivity contribution in [1.29, 1.82) is 0 Å². The van der Waals surface area contributed by atoms with Crippen molar-refractivity contribution in [2.24, 2.45) is 0 Å². The van der Waals surface area contributed by atoms with Gasteiger partial charge >= 0.3 is 0 Å². The second kappa shape index (κ2) is 4.94. The Labute approximate surface area is 92.6 Å². The molecule has 88 valence electrons. The standard InChI is InChI=1S/C11H23N3O/c1-5-13(4)10(15)11(2,3)14-8-6-12-7-9-14/h12H,5-9H2,1-4H3. The molecule has 0 saturated carbocycles. The van der Waals surface area contributed by atoms with E-state index in [2.05, 4.69) is 10.2 Å². The first-order chi connectivity index (χ1) is 7.00. The molecule has 1 amide bonds. The van der Waals surface area contributed by atoms with E-state index in [4.69, 9.17) is 0 Å². The van der Waals surface area contributed by atoms with E-state index < -0.39 is 0 Å². The molecule has 1 rings (SSSR count). The summed E-state index contributed by atoms with van der Waals surface area (Å²) in [7, 11) is 1.87. The molecule has 1 aliphatic heterocycles. The minimum Gasteiger partial charge on any atom is -0.344 e. The first kappa shape index (κ1) is 12.5. The Kier molecular flexibility index (Phi) is 4.11. The van der Waals surface area contributed by atoms with Gasteiger partial charge in [0.2, 0.25) is 5.91 Å². The number of carbonyl (C=O) groups excluding carboxylic acids is 1. The van der Waals surface area contributed by atoms with Crippen LogP contribution in [-0.4, -0.2) is 61.0 Å². The van der Waals surface area contributed by atoms with E-state index >= 15 is 0 Å². The fraction of sp³-hybridized carbons (Fsp3) is 0.909. The van der Waals surface area contributed by atoms with E-state index in [9.17, 15) is 4.79 Å². The molecule has 1 aliphatic rings. The first-order valence-corrected chi connectivity index (χ1v) is 5.71. The fourth-order valence-electron chi connectivity index (χ4n) is 1.97. The maximum Gasteiger partial charge on any atom is 0.242 e. The molecule has 0 aromatic heterocycles. The number of carbonyl (C=O) groups is 1. The lowest BCUT2D eigenvalue weighted by molar-refractivity contribution is -0.141. The summed E-state index contributed by atoms with van der Waals surface area (Å²) in [6, 6.07) is 0. The van der Waals surface area contributed by atoms with Gasteiger partial charge in [-0.1, -0.05) is 0 Å². The zero-order chi connectivity index (χ0) is 11.5. The second-order valence-corrected chi connectivity index (χ2v) is 4.62. The molecular formula is C11H23N3O. The number of likely N-dealkylation sites (N-methyl/N-ethyl adjacent to an activating group) is 1. The van der Waals surface area contributed by atoms with Gasteiger partial charge in [-0.15, -0.1) is 0 Å². The number of nitrogens with one attached hydrogen (secondary N) is 1. The quantitative estimate of drug-likeness (QED) is 0.725. The summed E-state index contributed by atoms with van der Waals surface area (Å²) in [6.45, 7) is 10.7. The Morgan fingerprint density at radius 1 is 1.40 bits per heavy atom. The Bertz CT molecular complexity index is 222. The molecule has 0 aromatic rings. The zero-order valence-electron chi connectivity index (χ0n) is 10.3.